The van der Waals surface area contributed by atoms with E-state index in [4.69, 9.17) is 16.3 Å². The van der Waals surface area contributed by atoms with Crippen molar-refractivity contribution in [2.24, 2.45) is 5.73 Å². The third kappa shape index (κ3) is 3.76. The van der Waals surface area contributed by atoms with Gasteiger partial charge in [0.05, 0.1) is 0 Å². The van der Waals surface area contributed by atoms with Crippen LogP contribution in [0.1, 0.15) is 25.3 Å². The molecule has 0 aliphatic rings. The number of anilines is 1. The highest BCUT2D eigenvalue weighted by Gasteiger charge is 2.11. The summed E-state index contributed by atoms with van der Waals surface area (Å²) in [6, 6.07) is 10.0. The quantitative estimate of drug-likeness (QED) is 0.729. The molecule has 0 aliphatic heterocycles. The molecule has 0 saturated carbocycles. The molecule has 1 aromatic rings. The Labute approximate surface area is 117 Å². The number of hydrogen-bond acceptors (Lipinski definition) is 4. The van der Waals surface area contributed by atoms with E-state index in [0.717, 1.165) is 5.56 Å². The van der Waals surface area contributed by atoms with Crippen molar-refractivity contribution in [1.29, 1.82) is 10.5 Å². The van der Waals surface area contributed by atoms with E-state index in [0.29, 0.717) is 5.69 Å². The average molecular weight is 269 g/mol. The van der Waals surface area contributed by atoms with Crippen molar-refractivity contribution >= 4 is 11.7 Å². The zero-order valence-electron chi connectivity index (χ0n) is 11.3. The molecule has 0 aliphatic carbocycles. The van der Waals surface area contributed by atoms with Gasteiger partial charge in [0.2, 0.25) is 0 Å². The standard InChI is InChI=1S/C14H15N5O/c1-9(2)10-5-3-4-6-12(10)18-14(20)19-13(8-16)11(17)7-15/h3-6,9H,17H2,1-2H3,(H2,18,19,20)/b13-11+. The molecule has 0 aromatic heterocycles. The van der Waals surface area contributed by atoms with E-state index in [9.17, 15) is 4.79 Å². The number of nitrogens with two attached hydrogens (primary N) is 1. The molecule has 0 heterocycles. The van der Waals surface area contributed by atoms with Crippen LogP contribution in [0.3, 0.4) is 0 Å². The smallest absolute Gasteiger partial charge is 0.324 e. The molecule has 1 aromatic carbocycles. The molecule has 0 radical (unpaired) electrons. The number of hydrogen-bond donors (Lipinski definition) is 3. The largest absolute Gasteiger partial charge is 0.388 e. The summed E-state index contributed by atoms with van der Waals surface area (Å²) in [5.74, 6) is 0.238. The van der Waals surface area contributed by atoms with E-state index >= 15 is 0 Å². The first-order valence-corrected chi connectivity index (χ1v) is 5.96. The van der Waals surface area contributed by atoms with Crippen LogP contribution in [0.2, 0.25) is 0 Å². The van der Waals surface area contributed by atoms with Crippen molar-refractivity contribution in [1.82, 2.24) is 5.32 Å². The normalized spacial score (nSPS) is 11.1. The Bertz CT molecular complexity index is 619. The van der Waals surface area contributed by atoms with Crippen molar-refractivity contribution in [2.75, 3.05) is 5.32 Å². The van der Waals surface area contributed by atoms with Crippen molar-refractivity contribution in [3.8, 4) is 12.1 Å². The van der Waals surface area contributed by atoms with Crippen LogP contribution in [-0.2, 0) is 0 Å². The summed E-state index contributed by atoms with van der Waals surface area (Å²) in [6.07, 6.45) is 0. The van der Waals surface area contributed by atoms with E-state index in [1.165, 1.54) is 0 Å². The molecule has 0 bridgehead atoms. The lowest BCUT2D eigenvalue weighted by atomic mass is 10.0. The Hall–Kier alpha value is -2.99. The van der Waals surface area contributed by atoms with Crippen LogP contribution >= 0.6 is 0 Å². The summed E-state index contributed by atoms with van der Waals surface area (Å²) in [4.78, 5) is 11.8. The summed E-state index contributed by atoms with van der Waals surface area (Å²) < 4.78 is 0. The molecular formula is C14H15N5O. The molecule has 0 saturated heterocycles. The Kier molecular flexibility index (Phi) is 5.13. The molecule has 0 fully saturated rings. The minimum atomic E-state index is -0.618. The number of amides is 2. The van der Waals surface area contributed by atoms with Gasteiger partial charge in [-0.3, -0.25) is 5.32 Å². The van der Waals surface area contributed by atoms with E-state index < -0.39 is 6.03 Å². The number of benzene rings is 1. The number of allylic oxidation sites excluding steroid dienone is 2. The van der Waals surface area contributed by atoms with Crippen LogP contribution in [0, 0.1) is 22.7 Å². The third-order valence-electron chi connectivity index (χ3n) is 2.57. The summed E-state index contributed by atoms with van der Waals surface area (Å²) in [5.41, 5.74) is 6.31. The second-order valence-electron chi connectivity index (χ2n) is 4.33. The van der Waals surface area contributed by atoms with E-state index in [1.807, 2.05) is 26.0 Å². The SMILES string of the molecule is CC(C)c1ccccc1NC(=O)N/C(C#N)=C(/N)C#N. The highest BCUT2D eigenvalue weighted by Crippen LogP contribution is 2.23. The Morgan fingerprint density at radius 2 is 1.90 bits per heavy atom. The maximum absolute atomic E-state index is 11.8. The number of nitrogens with zero attached hydrogens (tertiary/aromatic N) is 2. The van der Waals surface area contributed by atoms with E-state index in [-0.39, 0.29) is 17.3 Å². The fraction of sp³-hybridized carbons (Fsp3) is 0.214. The molecule has 0 atom stereocenters. The molecule has 6 nitrogen and oxygen atoms in total. The predicted octanol–water partition coefficient (Wildman–Crippen LogP) is 2.15. The summed E-state index contributed by atoms with van der Waals surface area (Å²) in [6.45, 7) is 4.01. The number of para-hydroxylation sites is 1. The van der Waals surface area contributed by atoms with Gasteiger partial charge in [0, 0.05) is 5.69 Å². The predicted molar refractivity (Wildman–Crippen MR) is 75.1 cm³/mol. The summed E-state index contributed by atoms with van der Waals surface area (Å²) in [7, 11) is 0. The van der Waals surface area contributed by atoms with Gasteiger partial charge in [0.1, 0.15) is 17.8 Å². The van der Waals surface area contributed by atoms with Gasteiger partial charge in [0.15, 0.2) is 5.70 Å². The lowest BCUT2D eigenvalue weighted by Gasteiger charge is -2.13. The van der Waals surface area contributed by atoms with Crippen molar-refractivity contribution in [3.05, 3.63) is 41.2 Å². The van der Waals surface area contributed by atoms with Crippen molar-refractivity contribution in [2.45, 2.75) is 19.8 Å². The fourth-order valence-corrected chi connectivity index (χ4v) is 1.59. The maximum atomic E-state index is 11.8. The number of nitrogens with one attached hydrogen (secondary N) is 2. The molecule has 2 amide bonds. The molecule has 6 heteroatoms. The second-order valence-corrected chi connectivity index (χ2v) is 4.33. The first-order valence-electron chi connectivity index (χ1n) is 5.96. The van der Waals surface area contributed by atoms with Gasteiger partial charge in [0.25, 0.3) is 0 Å². The zero-order valence-corrected chi connectivity index (χ0v) is 11.3. The fourth-order valence-electron chi connectivity index (χ4n) is 1.59. The maximum Gasteiger partial charge on any atom is 0.324 e. The molecular weight excluding hydrogens is 254 g/mol. The molecule has 4 N–H and O–H groups in total. The van der Waals surface area contributed by atoms with Gasteiger partial charge in [-0.1, -0.05) is 32.0 Å². The molecule has 102 valence electrons. The highest BCUT2D eigenvalue weighted by molar-refractivity contribution is 5.91. The van der Waals surface area contributed by atoms with Gasteiger partial charge in [-0.15, -0.1) is 0 Å². The highest BCUT2D eigenvalue weighted by atomic mass is 16.2. The number of carbonyl (C=O) groups excluding carboxylic acids is 1. The Morgan fingerprint density at radius 1 is 1.25 bits per heavy atom. The first kappa shape index (κ1) is 15.1. The minimum Gasteiger partial charge on any atom is -0.388 e. The van der Waals surface area contributed by atoms with Crippen LogP contribution < -0.4 is 16.4 Å². The number of nitriles is 2. The van der Waals surface area contributed by atoms with Crippen LogP contribution in [0.4, 0.5) is 10.5 Å². The number of urea groups is 1. The number of rotatable bonds is 3. The molecule has 20 heavy (non-hydrogen) atoms. The van der Waals surface area contributed by atoms with Crippen LogP contribution in [0.15, 0.2) is 35.7 Å². The molecule has 0 spiro atoms. The van der Waals surface area contributed by atoms with E-state index in [2.05, 4.69) is 10.6 Å². The molecule has 0 unspecified atom stereocenters. The zero-order chi connectivity index (χ0) is 15.1. The molecule has 1 rings (SSSR count). The van der Waals surface area contributed by atoms with Gasteiger partial charge in [-0.2, -0.15) is 10.5 Å². The van der Waals surface area contributed by atoms with Crippen LogP contribution in [0.25, 0.3) is 0 Å². The minimum absolute atomic E-state index is 0.238. The van der Waals surface area contributed by atoms with Gasteiger partial charge in [-0.25, -0.2) is 4.79 Å². The summed E-state index contributed by atoms with van der Waals surface area (Å²) in [5, 5.41) is 22.3. The van der Waals surface area contributed by atoms with Crippen LogP contribution in [-0.4, -0.2) is 6.03 Å². The Balaban J connectivity index is 2.89. The number of carbonyl (C=O) groups is 1. The first-order chi connectivity index (χ1) is 9.49. The van der Waals surface area contributed by atoms with Gasteiger partial charge < -0.3 is 11.1 Å². The Morgan fingerprint density at radius 3 is 2.45 bits per heavy atom. The van der Waals surface area contributed by atoms with Crippen LogP contribution in [0.5, 0.6) is 0 Å². The lowest BCUT2D eigenvalue weighted by Crippen LogP contribution is -2.29. The van der Waals surface area contributed by atoms with Gasteiger partial charge in [-0.05, 0) is 17.5 Å². The van der Waals surface area contributed by atoms with Crippen molar-refractivity contribution < 1.29 is 4.79 Å². The monoisotopic (exact) mass is 269 g/mol. The van der Waals surface area contributed by atoms with Gasteiger partial charge >= 0.3 is 6.03 Å². The van der Waals surface area contributed by atoms with E-state index in [1.54, 1.807) is 24.3 Å². The lowest BCUT2D eigenvalue weighted by molar-refractivity contribution is 0.254. The average Bonchev–Trinajstić information content (AvgIpc) is 2.44. The second kappa shape index (κ2) is 6.81. The summed E-state index contributed by atoms with van der Waals surface area (Å²) >= 11 is 0. The van der Waals surface area contributed by atoms with Crippen molar-refractivity contribution in [3.63, 3.8) is 0 Å². The topological polar surface area (TPSA) is 115 Å². The third-order valence-corrected chi connectivity index (χ3v) is 2.57.